The molecule has 0 aromatic rings. The monoisotopic (exact) mass is 265 g/mol. The molecule has 0 aromatic carbocycles. The lowest BCUT2D eigenvalue weighted by molar-refractivity contribution is -0.0852. The second kappa shape index (κ2) is 6.13. The van der Waals surface area contributed by atoms with Gasteiger partial charge >= 0.3 is 0 Å². The van der Waals surface area contributed by atoms with E-state index in [-0.39, 0.29) is 5.60 Å². The van der Waals surface area contributed by atoms with Gasteiger partial charge in [-0.25, -0.2) is 0 Å². The molecule has 1 saturated heterocycles. The van der Waals surface area contributed by atoms with Crippen molar-refractivity contribution >= 4 is 0 Å². The third kappa shape index (κ3) is 3.33. The lowest BCUT2D eigenvalue weighted by atomic mass is 9.83. The molecule has 0 aromatic heterocycles. The van der Waals surface area contributed by atoms with Gasteiger partial charge in [-0.3, -0.25) is 0 Å². The van der Waals surface area contributed by atoms with Gasteiger partial charge in [-0.05, 0) is 57.3 Å². The van der Waals surface area contributed by atoms with E-state index in [1.807, 2.05) is 0 Å². The van der Waals surface area contributed by atoms with Gasteiger partial charge in [0.1, 0.15) is 0 Å². The SMILES string of the molecule is CCC1CCC(NC2CCOC3(CCCC3)C2)CC1. The molecule has 110 valence electrons. The molecule has 0 radical (unpaired) electrons. The minimum Gasteiger partial charge on any atom is -0.375 e. The molecular formula is C17H31NO. The maximum atomic E-state index is 6.14. The zero-order chi connectivity index (χ0) is 13.1. The van der Waals surface area contributed by atoms with E-state index < -0.39 is 0 Å². The minimum absolute atomic E-state index is 0.274. The molecule has 1 atom stereocenters. The summed E-state index contributed by atoms with van der Waals surface area (Å²) in [6, 6.07) is 1.53. The largest absolute Gasteiger partial charge is 0.375 e. The van der Waals surface area contributed by atoms with Crippen molar-refractivity contribution in [3.8, 4) is 0 Å². The average Bonchev–Trinajstić information content (AvgIpc) is 2.88. The van der Waals surface area contributed by atoms with E-state index in [1.54, 1.807) is 0 Å². The normalized spacial score (nSPS) is 38.7. The predicted octanol–water partition coefficient (Wildman–Crippen LogP) is 4.04. The van der Waals surface area contributed by atoms with E-state index in [2.05, 4.69) is 12.2 Å². The van der Waals surface area contributed by atoms with Crippen LogP contribution in [0, 0.1) is 5.92 Å². The van der Waals surface area contributed by atoms with Crippen LogP contribution < -0.4 is 5.32 Å². The highest BCUT2D eigenvalue weighted by Crippen LogP contribution is 2.40. The van der Waals surface area contributed by atoms with E-state index in [0.29, 0.717) is 0 Å². The molecule has 3 fully saturated rings. The van der Waals surface area contributed by atoms with Crippen molar-refractivity contribution in [1.29, 1.82) is 0 Å². The molecule has 2 aliphatic carbocycles. The molecule has 0 amide bonds. The fourth-order valence-electron chi connectivity index (χ4n) is 4.61. The lowest BCUT2D eigenvalue weighted by Gasteiger charge is -2.41. The zero-order valence-electron chi connectivity index (χ0n) is 12.6. The number of nitrogens with one attached hydrogen (secondary N) is 1. The van der Waals surface area contributed by atoms with Gasteiger partial charge in [0, 0.05) is 18.7 Å². The predicted molar refractivity (Wildman–Crippen MR) is 79.3 cm³/mol. The highest BCUT2D eigenvalue weighted by atomic mass is 16.5. The van der Waals surface area contributed by atoms with Crippen LogP contribution in [0.25, 0.3) is 0 Å². The first-order valence-corrected chi connectivity index (χ1v) is 8.70. The van der Waals surface area contributed by atoms with Crippen molar-refractivity contribution in [2.45, 2.75) is 95.2 Å². The third-order valence-electron chi connectivity index (χ3n) is 5.90. The third-order valence-corrected chi connectivity index (χ3v) is 5.90. The molecule has 19 heavy (non-hydrogen) atoms. The minimum atomic E-state index is 0.274. The summed E-state index contributed by atoms with van der Waals surface area (Å²) in [6.45, 7) is 3.34. The molecule has 1 heterocycles. The number of hydrogen-bond donors (Lipinski definition) is 1. The molecule has 2 heteroatoms. The van der Waals surface area contributed by atoms with Crippen molar-refractivity contribution in [2.75, 3.05) is 6.61 Å². The Labute approximate surface area is 118 Å². The second-order valence-corrected chi connectivity index (χ2v) is 7.22. The van der Waals surface area contributed by atoms with E-state index in [9.17, 15) is 0 Å². The maximum Gasteiger partial charge on any atom is 0.0697 e. The first kappa shape index (κ1) is 13.9. The van der Waals surface area contributed by atoms with Crippen LogP contribution >= 0.6 is 0 Å². The van der Waals surface area contributed by atoms with E-state index in [1.165, 1.54) is 70.6 Å². The van der Waals surface area contributed by atoms with E-state index in [0.717, 1.165) is 24.6 Å². The van der Waals surface area contributed by atoms with Crippen LogP contribution in [0.4, 0.5) is 0 Å². The Hall–Kier alpha value is -0.0800. The van der Waals surface area contributed by atoms with Crippen LogP contribution in [0.3, 0.4) is 0 Å². The number of rotatable bonds is 3. The molecular weight excluding hydrogens is 234 g/mol. The summed E-state index contributed by atoms with van der Waals surface area (Å²) in [5.41, 5.74) is 0.274. The Bertz CT molecular complexity index is 277. The fourth-order valence-corrected chi connectivity index (χ4v) is 4.61. The fraction of sp³-hybridized carbons (Fsp3) is 1.00. The molecule has 0 bridgehead atoms. The molecule has 2 saturated carbocycles. The zero-order valence-corrected chi connectivity index (χ0v) is 12.6. The molecule has 1 spiro atoms. The molecule has 3 aliphatic rings. The first-order chi connectivity index (χ1) is 9.30. The molecule has 3 rings (SSSR count). The molecule has 2 nitrogen and oxygen atoms in total. The van der Waals surface area contributed by atoms with Crippen molar-refractivity contribution in [3.05, 3.63) is 0 Å². The summed E-state index contributed by atoms with van der Waals surface area (Å²) in [5, 5.41) is 3.97. The Kier molecular flexibility index (Phi) is 4.48. The highest BCUT2D eigenvalue weighted by Gasteiger charge is 2.40. The summed E-state index contributed by atoms with van der Waals surface area (Å²) in [6.07, 6.45) is 15.0. The van der Waals surface area contributed by atoms with Crippen molar-refractivity contribution in [3.63, 3.8) is 0 Å². The topological polar surface area (TPSA) is 21.3 Å². The summed E-state index contributed by atoms with van der Waals surface area (Å²) in [4.78, 5) is 0. The Morgan fingerprint density at radius 2 is 1.74 bits per heavy atom. The molecule has 1 unspecified atom stereocenters. The summed E-state index contributed by atoms with van der Waals surface area (Å²) >= 11 is 0. The van der Waals surface area contributed by atoms with Crippen molar-refractivity contribution in [2.24, 2.45) is 5.92 Å². The van der Waals surface area contributed by atoms with Gasteiger partial charge < -0.3 is 10.1 Å². The number of hydrogen-bond acceptors (Lipinski definition) is 2. The maximum absolute atomic E-state index is 6.14. The van der Waals surface area contributed by atoms with Crippen LogP contribution in [0.1, 0.15) is 77.6 Å². The van der Waals surface area contributed by atoms with E-state index in [4.69, 9.17) is 4.74 Å². The smallest absolute Gasteiger partial charge is 0.0697 e. The van der Waals surface area contributed by atoms with Crippen LogP contribution in [0.2, 0.25) is 0 Å². The van der Waals surface area contributed by atoms with Crippen LogP contribution in [-0.4, -0.2) is 24.3 Å². The van der Waals surface area contributed by atoms with Gasteiger partial charge in [0.2, 0.25) is 0 Å². The Morgan fingerprint density at radius 3 is 2.42 bits per heavy atom. The van der Waals surface area contributed by atoms with E-state index >= 15 is 0 Å². The molecule has 1 aliphatic heterocycles. The molecule has 1 N–H and O–H groups in total. The quantitative estimate of drug-likeness (QED) is 0.831. The van der Waals surface area contributed by atoms with Gasteiger partial charge in [0.25, 0.3) is 0 Å². The van der Waals surface area contributed by atoms with Crippen molar-refractivity contribution in [1.82, 2.24) is 5.32 Å². The Morgan fingerprint density at radius 1 is 1.00 bits per heavy atom. The standard InChI is InChI=1S/C17H31NO/c1-2-14-5-7-15(8-6-14)18-16-9-12-19-17(13-16)10-3-4-11-17/h14-16,18H,2-13H2,1H3. The van der Waals surface area contributed by atoms with Gasteiger partial charge in [-0.15, -0.1) is 0 Å². The van der Waals surface area contributed by atoms with Gasteiger partial charge in [0.15, 0.2) is 0 Å². The summed E-state index contributed by atoms with van der Waals surface area (Å²) in [5.74, 6) is 1.01. The summed E-state index contributed by atoms with van der Waals surface area (Å²) < 4.78 is 6.14. The van der Waals surface area contributed by atoms with Gasteiger partial charge in [-0.1, -0.05) is 26.2 Å². The van der Waals surface area contributed by atoms with Gasteiger partial charge in [-0.2, -0.15) is 0 Å². The average molecular weight is 265 g/mol. The van der Waals surface area contributed by atoms with Crippen LogP contribution in [0.15, 0.2) is 0 Å². The van der Waals surface area contributed by atoms with Gasteiger partial charge in [0.05, 0.1) is 5.60 Å². The van der Waals surface area contributed by atoms with Crippen molar-refractivity contribution < 1.29 is 4.74 Å². The Balaban J connectivity index is 1.47. The highest BCUT2D eigenvalue weighted by molar-refractivity contribution is 4.94. The summed E-state index contributed by atoms with van der Waals surface area (Å²) in [7, 11) is 0. The lowest BCUT2D eigenvalue weighted by Crippen LogP contribution is -2.49. The number of ether oxygens (including phenoxy) is 1. The first-order valence-electron chi connectivity index (χ1n) is 8.70. The van der Waals surface area contributed by atoms with Crippen LogP contribution in [0.5, 0.6) is 0 Å². The second-order valence-electron chi connectivity index (χ2n) is 7.22. The van der Waals surface area contributed by atoms with Crippen LogP contribution in [-0.2, 0) is 4.74 Å².